The summed E-state index contributed by atoms with van der Waals surface area (Å²) >= 11 is 5.99. The van der Waals surface area contributed by atoms with E-state index in [1.54, 1.807) is 12.3 Å². The predicted octanol–water partition coefficient (Wildman–Crippen LogP) is 1.78. The van der Waals surface area contributed by atoms with Crippen molar-refractivity contribution < 1.29 is 0 Å². The Bertz CT molecular complexity index is 357. The van der Waals surface area contributed by atoms with Gasteiger partial charge in [0.1, 0.15) is 5.82 Å². The number of nitrogens with zero attached hydrogens (tertiary/aromatic N) is 2. The third-order valence-electron chi connectivity index (χ3n) is 1.81. The van der Waals surface area contributed by atoms with E-state index in [2.05, 4.69) is 10.9 Å². The first kappa shape index (κ1) is 10.7. The number of nitrogens with two attached hydrogens (primary N) is 1. The summed E-state index contributed by atoms with van der Waals surface area (Å²) in [4.78, 5) is 6.05. The molecule has 0 atom stereocenters. The van der Waals surface area contributed by atoms with Crippen LogP contribution in [0.4, 0.5) is 11.5 Å². The number of rotatable bonds is 3. The average molecular weight is 210 g/mol. The Morgan fingerprint density at radius 1 is 1.71 bits per heavy atom. The third kappa shape index (κ3) is 2.30. The summed E-state index contributed by atoms with van der Waals surface area (Å²) < 4.78 is 0. The summed E-state index contributed by atoms with van der Waals surface area (Å²) in [5, 5.41) is 0.530. The molecule has 1 aromatic heterocycles. The number of halogens is 1. The Hall–Kier alpha value is -1.40. The number of terminal acetylenes is 1. The lowest BCUT2D eigenvalue weighted by Gasteiger charge is -2.20. The van der Waals surface area contributed by atoms with Gasteiger partial charge in [0.25, 0.3) is 0 Å². The second-order valence-electron chi connectivity index (χ2n) is 2.79. The van der Waals surface area contributed by atoms with E-state index in [1.807, 2.05) is 11.8 Å². The fraction of sp³-hybridized carbons (Fsp3) is 0.300. The van der Waals surface area contributed by atoms with Gasteiger partial charge in [-0.15, -0.1) is 6.42 Å². The van der Waals surface area contributed by atoms with Crippen LogP contribution >= 0.6 is 11.6 Å². The van der Waals surface area contributed by atoms with Crippen molar-refractivity contribution in [1.29, 1.82) is 0 Å². The standard InChI is InChI=1S/C10H12ClN3/c1-3-5-14(4-2)10-9(11)6-8(12)7-13-10/h1,6-7H,4-5,12H2,2H3. The minimum absolute atomic E-state index is 0.493. The first-order chi connectivity index (χ1) is 6.69. The average Bonchev–Trinajstić information content (AvgIpc) is 2.15. The van der Waals surface area contributed by atoms with E-state index in [0.29, 0.717) is 23.1 Å². The maximum absolute atomic E-state index is 5.99. The van der Waals surface area contributed by atoms with Crippen molar-refractivity contribution in [2.24, 2.45) is 0 Å². The molecule has 0 bridgehead atoms. The SMILES string of the molecule is C#CCN(CC)c1ncc(N)cc1Cl. The van der Waals surface area contributed by atoms with Crippen LogP contribution in [0, 0.1) is 12.3 Å². The fourth-order valence-corrected chi connectivity index (χ4v) is 1.42. The third-order valence-corrected chi connectivity index (χ3v) is 2.08. The Balaban J connectivity index is 2.99. The molecule has 0 amide bonds. The van der Waals surface area contributed by atoms with Crippen LogP contribution in [0.5, 0.6) is 0 Å². The molecule has 4 heteroatoms. The maximum atomic E-state index is 5.99. The normalized spacial score (nSPS) is 9.50. The molecule has 0 radical (unpaired) electrons. The maximum Gasteiger partial charge on any atom is 0.148 e. The van der Waals surface area contributed by atoms with Crippen LogP contribution in [0.2, 0.25) is 5.02 Å². The lowest BCUT2D eigenvalue weighted by molar-refractivity contribution is 0.894. The zero-order valence-electron chi connectivity index (χ0n) is 8.00. The van der Waals surface area contributed by atoms with Crippen LogP contribution in [0.25, 0.3) is 0 Å². The van der Waals surface area contributed by atoms with Crippen molar-refractivity contribution >= 4 is 23.1 Å². The van der Waals surface area contributed by atoms with Crippen molar-refractivity contribution in [2.75, 3.05) is 23.7 Å². The Labute approximate surface area is 88.9 Å². The first-order valence-corrected chi connectivity index (χ1v) is 4.66. The molecule has 0 aromatic carbocycles. The summed E-state index contributed by atoms with van der Waals surface area (Å²) in [6, 6.07) is 1.67. The Morgan fingerprint density at radius 3 is 2.93 bits per heavy atom. The van der Waals surface area contributed by atoms with Crippen molar-refractivity contribution in [3.05, 3.63) is 17.3 Å². The largest absolute Gasteiger partial charge is 0.397 e. The van der Waals surface area contributed by atoms with Crippen molar-refractivity contribution in [3.8, 4) is 12.3 Å². The zero-order chi connectivity index (χ0) is 10.6. The number of hydrogen-bond donors (Lipinski definition) is 1. The fourth-order valence-electron chi connectivity index (χ4n) is 1.12. The number of hydrogen-bond acceptors (Lipinski definition) is 3. The van der Waals surface area contributed by atoms with Gasteiger partial charge in [0, 0.05) is 6.54 Å². The van der Waals surface area contributed by atoms with Crippen LogP contribution in [0.1, 0.15) is 6.92 Å². The Kier molecular flexibility index (Phi) is 3.61. The van der Waals surface area contributed by atoms with E-state index < -0.39 is 0 Å². The van der Waals surface area contributed by atoms with Gasteiger partial charge in [-0.2, -0.15) is 0 Å². The molecule has 2 N–H and O–H groups in total. The van der Waals surface area contributed by atoms with Gasteiger partial charge in [-0.25, -0.2) is 4.98 Å². The molecule has 0 aliphatic heterocycles. The predicted molar refractivity (Wildman–Crippen MR) is 60.4 cm³/mol. The molecule has 1 rings (SSSR count). The van der Waals surface area contributed by atoms with Gasteiger partial charge in [-0.1, -0.05) is 17.5 Å². The molecule has 74 valence electrons. The van der Waals surface area contributed by atoms with E-state index in [0.717, 1.165) is 6.54 Å². The van der Waals surface area contributed by atoms with E-state index in [4.69, 9.17) is 23.8 Å². The summed E-state index contributed by atoms with van der Waals surface area (Å²) in [5.74, 6) is 3.24. The molecule has 1 aromatic rings. The van der Waals surface area contributed by atoms with Gasteiger partial charge in [0.15, 0.2) is 0 Å². The van der Waals surface area contributed by atoms with Crippen LogP contribution in [-0.4, -0.2) is 18.1 Å². The van der Waals surface area contributed by atoms with E-state index in [-0.39, 0.29) is 0 Å². The van der Waals surface area contributed by atoms with Crippen LogP contribution in [0.3, 0.4) is 0 Å². The lowest BCUT2D eigenvalue weighted by Crippen LogP contribution is -2.24. The van der Waals surface area contributed by atoms with Gasteiger partial charge < -0.3 is 10.6 Å². The van der Waals surface area contributed by atoms with E-state index >= 15 is 0 Å². The van der Waals surface area contributed by atoms with Crippen LogP contribution in [0.15, 0.2) is 12.3 Å². The van der Waals surface area contributed by atoms with Gasteiger partial charge in [0.2, 0.25) is 0 Å². The molecular formula is C10H12ClN3. The number of pyridine rings is 1. The number of anilines is 2. The van der Waals surface area contributed by atoms with Crippen molar-refractivity contribution in [1.82, 2.24) is 4.98 Å². The monoisotopic (exact) mass is 209 g/mol. The van der Waals surface area contributed by atoms with E-state index in [1.165, 1.54) is 0 Å². The quantitative estimate of drug-likeness (QED) is 0.772. The summed E-state index contributed by atoms with van der Waals surface area (Å²) in [6.45, 7) is 3.25. The highest BCUT2D eigenvalue weighted by molar-refractivity contribution is 6.33. The Morgan fingerprint density at radius 2 is 2.43 bits per heavy atom. The molecule has 0 aliphatic rings. The minimum atomic E-state index is 0.493. The minimum Gasteiger partial charge on any atom is -0.397 e. The zero-order valence-corrected chi connectivity index (χ0v) is 8.75. The number of nitrogen functional groups attached to an aromatic ring is 1. The van der Waals surface area contributed by atoms with Gasteiger partial charge in [-0.05, 0) is 13.0 Å². The highest BCUT2D eigenvalue weighted by Crippen LogP contribution is 2.24. The van der Waals surface area contributed by atoms with Crippen LogP contribution in [-0.2, 0) is 0 Å². The van der Waals surface area contributed by atoms with Gasteiger partial charge >= 0.3 is 0 Å². The highest BCUT2D eigenvalue weighted by atomic mass is 35.5. The molecule has 3 nitrogen and oxygen atoms in total. The molecule has 0 aliphatic carbocycles. The van der Waals surface area contributed by atoms with Crippen LogP contribution < -0.4 is 10.6 Å². The molecule has 14 heavy (non-hydrogen) atoms. The number of aromatic nitrogens is 1. The lowest BCUT2D eigenvalue weighted by atomic mass is 10.3. The summed E-state index contributed by atoms with van der Waals surface area (Å²) in [7, 11) is 0. The van der Waals surface area contributed by atoms with E-state index in [9.17, 15) is 0 Å². The second kappa shape index (κ2) is 4.73. The topological polar surface area (TPSA) is 42.2 Å². The van der Waals surface area contributed by atoms with Gasteiger partial charge in [0.05, 0.1) is 23.5 Å². The van der Waals surface area contributed by atoms with Crippen molar-refractivity contribution in [2.45, 2.75) is 6.92 Å². The van der Waals surface area contributed by atoms with Crippen molar-refractivity contribution in [3.63, 3.8) is 0 Å². The first-order valence-electron chi connectivity index (χ1n) is 4.28. The summed E-state index contributed by atoms with van der Waals surface area (Å²) in [5.41, 5.74) is 6.09. The summed E-state index contributed by atoms with van der Waals surface area (Å²) in [6.07, 6.45) is 6.80. The van der Waals surface area contributed by atoms with Gasteiger partial charge in [-0.3, -0.25) is 0 Å². The second-order valence-corrected chi connectivity index (χ2v) is 3.20. The molecular weight excluding hydrogens is 198 g/mol. The highest BCUT2D eigenvalue weighted by Gasteiger charge is 2.08. The molecule has 0 unspecified atom stereocenters. The smallest absolute Gasteiger partial charge is 0.148 e. The molecule has 0 spiro atoms. The molecule has 0 fully saturated rings. The molecule has 0 saturated heterocycles. The molecule has 0 saturated carbocycles. The molecule has 1 heterocycles.